The first-order valence-corrected chi connectivity index (χ1v) is 7.12. The average Bonchev–Trinajstić information content (AvgIpc) is 3.02. The fourth-order valence-corrected chi connectivity index (χ4v) is 2.78. The Hall–Kier alpha value is -1.33. The van der Waals surface area contributed by atoms with Gasteiger partial charge in [-0.1, -0.05) is 11.6 Å². The summed E-state index contributed by atoms with van der Waals surface area (Å²) < 4.78 is 0. The molecule has 3 rings (SSSR count). The summed E-state index contributed by atoms with van der Waals surface area (Å²) in [6, 6.07) is 4.46. The molecule has 1 saturated carbocycles. The standard InChI is InChI=1S/C12H13ClN4S/c13-10-5-11(16-12(14)15-10)17(9-1-2-9)6-8-3-4-18-7-8/h3-5,7,9H,1-2,6H2,(H2,14,15,16). The molecule has 2 heterocycles. The summed E-state index contributed by atoms with van der Waals surface area (Å²) in [5.74, 6) is 1.05. The first-order chi connectivity index (χ1) is 8.72. The van der Waals surface area contributed by atoms with E-state index in [1.165, 1.54) is 18.4 Å². The van der Waals surface area contributed by atoms with Crippen molar-refractivity contribution in [1.29, 1.82) is 0 Å². The van der Waals surface area contributed by atoms with Crippen molar-refractivity contribution in [3.8, 4) is 0 Å². The lowest BCUT2D eigenvalue weighted by Crippen LogP contribution is -2.26. The Balaban J connectivity index is 1.89. The summed E-state index contributed by atoms with van der Waals surface area (Å²) >= 11 is 7.65. The minimum Gasteiger partial charge on any atom is -0.368 e. The topological polar surface area (TPSA) is 55.0 Å². The molecule has 0 bridgehead atoms. The van der Waals surface area contributed by atoms with Gasteiger partial charge in [-0.25, -0.2) is 4.98 Å². The van der Waals surface area contributed by atoms with E-state index in [2.05, 4.69) is 31.7 Å². The van der Waals surface area contributed by atoms with Gasteiger partial charge in [0.1, 0.15) is 11.0 Å². The maximum absolute atomic E-state index is 5.95. The van der Waals surface area contributed by atoms with E-state index >= 15 is 0 Å². The van der Waals surface area contributed by atoms with Crippen LogP contribution in [0.4, 0.5) is 11.8 Å². The Morgan fingerprint density at radius 1 is 1.44 bits per heavy atom. The van der Waals surface area contributed by atoms with Crippen LogP contribution in [0.15, 0.2) is 22.9 Å². The third-order valence-electron chi connectivity index (χ3n) is 2.91. The largest absolute Gasteiger partial charge is 0.368 e. The second-order valence-corrected chi connectivity index (χ2v) is 5.57. The van der Waals surface area contributed by atoms with Crippen LogP contribution >= 0.6 is 22.9 Å². The Bertz CT molecular complexity index is 519. The molecule has 2 N–H and O–H groups in total. The molecule has 0 spiro atoms. The zero-order valence-corrected chi connectivity index (χ0v) is 11.3. The zero-order chi connectivity index (χ0) is 12.5. The smallest absolute Gasteiger partial charge is 0.223 e. The van der Waals surface area contributed by atoms with Gasteiger partial charge in [0.05, 0.1) is 0 Å². The molecule has 1 aliphatic rings. The Morgan fingerprint density at radius 2 is 2.28 bits per heavy atom. The Labute approximate surface area is 114 Å². The summed E-state index contributed by atoms with van der Waals surface area (Å²) in [5, 5.41) is 4.64. The second kappa shape index (κ2) is 4.74. The number of thiophene rings is 1. The molecule has 6 heteroatoms. The number of nitrogen functional groups attached to an aromatic ring is 1. The van der Waals surface area contributed by atoms with E-state index in [1.54, 1.807) is 17.4 Å². The lowest BCUT2D eigenvalue weighted by molar-refractivity contribution is 0.778. The fourth-order valence-electron chi connectivity index (χ4n) is 1.93. The van der Waals surface area contributed by atoms with Gasteiger partial charge in [0.2, 0.25) is 5.95 Å². The number of nitrogens with zero attached hydrogens (tertiary/aromatic N) is 3. The lowest BCUT2D eigenvalue weighted by Gasteiger charge is -2.23. The van der Waals surface area contributed by atoms with E-state index < -0.39 is 0 Å². The van der Waals surface area contributed by atoms with Gasteiger partial charge in [0, 0.05) is 18.7 Å². The quantitative estimate of drug-likeness (QED) is 0.875. The monoisotopic (exact) mass is 280 g/mol. The molecular weight excluding hydrogens is 268 g/mol. The van der Waals surface area contributed by atoms with E-state index in [1.807, 2.05) is 0 Å². The van der Waals surface area contributed by atoms with Crippen LogP contribution in [0.2, 0.25) is 5.15 Å². The molecule has 0 aliphatic heterocycles. The van der Waals surface area contributed by atoms with E-state index in [-0.39, 0.29) is 5.95 Å². The third kappa shape index (κ3) is 2.57. The predicted molar refractivity (Wildman–Crippen MR) is 75.0 cm³/mol. The Kier molecular flexibility index (Phi) is 3.09. The molecule has 94 valence electrons. The molecule has 4 nitrogen and oxygen atoms in total. The lowest BCUT2D eigenvalue weighted by atomic mass is 10.3. The summed E-state index contributed by atoms with van der Waals surface area (Å²) in [6.45, 7) is 0.848. The van der Waals surface area contributed by atoms with E-state index in [4.69, 9.17) is 17.3 Å². The first kappa shape index (κ1) is 11.7. The average molecular weight is 281 g/mol. The number of anilines is 2. The predicted octanol–water partition coefficient (Wildman–Crippen LogP) is 2.94. The third-order valence-corrected chi connectivity index (χ3v) is 3.84. The number of rotatable bonds is 4. The number of nitrogens with two attached hydrogens (primary N) is 1. The highest BCUT2D eigenvalue weighted by Gasteiger charge is 2.30. The molecule has 2 aromatic rings. The maximum atomic E-state index is 5.95. The van der Waals surface area contributed by atoms with Crippen molar-refractivity contribution < 1.29 is 0 Å². The molecule has 0 unspecified atom stereocenters. The highest BCUT2D eigenvalue weighted by atomic mass is 35.5. The van der Waals surface area contributed by atoms with Crippen LogP contribution in [0.25, 0.3) is 0 Å². The summed E-state index contributed by atoms with van der Waals surface area (Å²) in [5.41, 5.74) is 6.95. The number of hydrogen-bond donors (Lipinski definition) is 1. The highest BCUT2D eigenvalue weighted by Crippen LogP contribution is 2.33. The minimum atomic E-state index is 0.230. The van der Waals surface area contributed by atoms with Gasteiger partial charge in [-0.2, -0.15) is 16.3 Å². The molecule has 1 aliphatic carbocycles. The van der Waals surface area contributed by atoms with Crippen molar-refractivity contribution in [2.45, 2.75) is 25.4 Å². The summed E-state index contributed by atoms with van der Waals surface area (Å²) in [4.78, 5) is 10.4. The molecule has 1 fully saturated rings. The van der Waals surface area contributed by atoms with Crippen molar-refractivity contribution in [1.82, 2.24) is 9.97 Å². The molecule has 0 atom stereocenters. The van der Waals surface area contributed by atoms with Gasteiger partial charge < -0.3 is 10.6 Å². The fraction of sp³-hybridized carbons (Fsp3) is 0.333. The molecule has 2 aromatic heterocycles. The van der Waals surface area contributed by atoms with E-state index in [0.717, 1.165) is 12.4 Å². The van der Waals surface area contributed by atoms with Crippen LogP contribution in [0.5, 0.6) is 0 Å². The summed E-state index contributed by atoms with van der Waals surface area (Å²) in [7, 11) is 0. The zero-order valence-electron chi connectivity index (χ0n) is 9.71. The normalized spacial score (nSPS) is 14.7. The molecule has 0 aromatic carbocycles. The van der Waals surface area contributed by atoms with Gasteiger partial charge in [-0.05, 0) is 35.2 Å². The van der Waals surface area contributed by atoms with Crippen molar-refractivity contribution in [3.63, 3.8) is 0 Å². The number of hydrogen-bond acceptors (Lipinski definition) is 5. The van der Waals surface area contributed by atoms with Crippen LogP contribution in [-0.4, -0.2) is 16.0 Å². The van der Waals surface area contributed by atoms with Crippen molar-refractivity contribution >= 4 is 34.7 Å². The van der Waals surface area contributed by atoms with Gasteiger partial charge in [0.25, 0.3) is 0 Å². The van der Waals surface area contributed by atoms with Crippen LogP contribution in [0.1, 0.15) is 18.4 Å². The van der Waals surface area contributed by atoms with Crippen LogP contribution in [-0.2, 0) is 6.54 Å². The minimum absolute atomic E-state index is 0.230. The maximum Gasteiger partial charge on any atom is 0.223 e. The van der Waals surface area contributed by atoms with Crippen LogP contribution in [0.3, 0.4) is 0 Å². The molecular formula is C12H13ClN4S. The molecule has 0 saturated heterocycles. The van der Waals surface area contributed by atoms with E-state index in [9.17, 15) is 0 Å². The molecule has 18 heavy (non-hydrogen) atoms. The number of halogens is 1. The van der Waals surface area contributed by atoms with Gasteiger partial charge in [-0.15, -0.1) is 0 Å². The summed E-state index contributed by atoms with van der Waals surface area (Å²) in [6.07, 6.45) is 2.40. The van der Waals surface area contributed by atoms with E-state index in [0.29, 0.717) is 11.2 Å². The first-order valence-electron chi connectivity index (χ1n) is 5.80. The van der Waals surface area contributed by atoms with Crippen LogP contribution in [0, 0.1) is 0 Å². The molecule has 0 radical (unpaired) electrons. The van der Waals surface area contributed by atoms with Gasteiger partial charge in [0.15, 0.2) is 0 Å². The Morgan fingerprint density at radius 3 is 2.89 bits per heavy atom. The SMILES string of the molecule is Nc1nc(Cl)cc(N(Cc2ccsc2)C2CC2)n1. The van der Waals surface area contributed by atoms with Crippen molar-refractivity contribution in [2.24, 2.45) is 0 Å². The number of aromatic nitrogens is 2. The second-order valence-electron chi connectivity index (χ2n) is 4.40. The molecule has 0 amide bonds. The van der Waals surface area contributed by atoms with Crippen molar-refractivity contribution in [3.05, 3.63) is 33.6 Å². The van der Waals surface area contributed by atoms with Crippen LogP contribution < -0.4 is 10.6 Å². The highest BCUT2D eigenvalue weighted by molar-refractivity contribution is 7.07. The van der Waals surface area contributed by atoms with Crippen molar-refractivity contribution in [2.75, 3.05) is 10.6 Å². The van der Waals surface area contributed by atoms with Gasteiger partial charge in [-0.3, -0.25) is 0 Å². The van der Waals surface area contributed by atoms with Gasteiger partial charge >= 0.3 is 0 Å².